The number of carboxylic acid groups (broad SMARTS) is 2. The number of carbonyl (C=O) groups is 2. The molecule has 4 nitrogen and oxygen atoms in total. The number of carboxylic acids is 2. The number of aliphatic carboxylic acids is 2. The molecule has 16 heavy (non-hydrogen) atoms. The maximum absolute atomic E-state index is 11.1. The van der Waals surface area contributed by atoms with Crippen LogP contribution >= 0.6 is 34.8 Å². The van der Waals surface area contributed by atoms with Gasteiger partial charge in [0.25, 0.3) is 0 Å². The van der Waals surface area contributed by atoms with Gasteiger partial charge in [-0.15, -0.1) is 11.6 Å². The van der Waals surface area contributed by atoms with E-state index >= 15 is 0 Å². The van der Waals surface area contributed by atoms with Gasteiger partial charge in [-0.25, -0.2) is 0 Å². The molecule has 2 bridgehead atoms. The largest absolute Gasteiger partial charge is 0.481 e. The molecule has 4 atom stereocenters. The second kappa shape index (κ2) is 3.28. The molecule has 0 heterocycles. The Morgan fingerprint density at radius 3 is 2.06 bits per heavy atom. The fraction of sp³-hybridized carbons (Fsp3) is 0.556. The molecule has 0 aliphatic heterocycles. The first-order chi connectivity index (χ1) is 7.23. The van der Waals surface area contributed by atoms with Crippen molar-refractivity contribution in [1.82, 2.24) is 0 Å². The summed E-state index contributed by atoms with van der Waals surface area (Å²) < 4.78 is -1.60. The topological polar surface area (TPSA) is 74.6 Å². The van der Waals surface area contributed by atoms with Gasteiger partial charge in [-0.2, -0.15) is 0 Å². The number of hydrogen-bond donors (Lipinski definition) is 2. The van der Waals surface area contributed by atoms with Crippen LogP contribution in [0, 0.1) is 17.8 Å². The third-order valence-electron chi connectivity index (χ3n) is 3.23. The highest BCUT2D eigenvalue weighted by molar-refractivity contribution is 6.55. The molecular formula is C9H7Cl3O4. The van der Waals surface area contributed by atoms with E-state index < -0.39 is 38.9 Å². The molecule has 0 aromatic rings. The summed E-state index contributed by atoms with van der Waals surface area (Å²) in [4.78, 5) is 20.6. The summed E-state index contributed by atoms with van der Waals surface area (Å²) in [5, 5.41) is 18.1. The Hall–Kier alpha value is -0.450. The van der Waals surface area contributed by atoms with Gasteiger partial charge in [0.05, 0.1) is 11.8 Å². The van der Waals surface area contributed by atoms with E-state index in [9.17, 15) is 9.59 Å². The molecule has 2 aliphatic carbocycles. The van der Waals surface area contributed by atoms with E-state index in [0.717, 1.165) is 0 Å². The molecular weight excluding hydrogens is 278 g/mol. The first-order valence-electron chi connectivity index (χ1n) is 4.45. The summed E-state index contributed by atoms with van der Waals surface area (Å²) >= 11 is 18.1. The molecule has 0 aromatic carbocycles. The van der Waals surface area contributed by atoms with Crippen LogP contribution < -0.4 is 0 Å². The average Bonchev–Trinajstić information content (AvgIpc) is 2.45. The van der Waals surface area contributed by atoms with E-state index in [2.05, 4.69) is 0 Å². The molecule has 88 valence electrons. The summed E-state index contributed by atoms with van der Waals surface area (Å²) in [6, 6.07) is 0. The Morgan fingerprint density at radius 1 is 1.12 bits per heavy atom. The van der Waals surface area contributed by atoms with Crippen LogP contribution in [0.25, 0.3) is 0 Å². The SMILES string of the molecule is O=C(O)[C@@H]1[C@H]2C=C[C@@](Cl)([C@@H]1C(=O)O)C2(Cl)Cl. The fourth-order valence-electron chi connectivity index (χ4n) is 2.49. The highest BCUT2D eigenvalue weighted by atomic mass is 35.5. The number of alkyl halides is 3. The van der Waals surface area contributed by atoms with Gasteiger partial charge in [0.2, 0.25) is 0 Å². The normalized spacial score (nSPS) is 43.6. The summed E-state index contributed by atoms with van der Waals surface area (Å²) in [6.45, 7) is 0. The lowest BCUT2D eigenvalue weighted by Crippen LogP contribution is -2.43. The fourth-order valence-corrected chi connectivity index (χ4v) is 3.69. The summed E-state index contributed by atoms with van der Waals surface area (Å²) in [5.74, 6) is -5.87. The van der Waals surface area contributed by atoms with Crippen molar-refractivity contribution in [3.8, 4) is 0 Å². The van der Waals surface area contributed by atoms with Crippen molar-refractivity contribution in [2.75, 3.05) is 0 Å². The first-order valence-corrected chi connectivity index (χ1v) is 5.58. The van der Waals surface area contributed by atoms with E-state index in [0.29, 0.717) is 0 Å². The van der Waals surface area contributed by atoms with Crippen molar-refractivity contribution in [3.05, 3.63) is 12.2 Å². The summed E-state index contributed by atoms with van der Waals surface area (Å²) in [6.07, 6.45) is 2.86. The zero-order chi connectivity index (χ0) is 12.3. The standard InChI is InChI=1S/C9H7Cl3O4/c10-8-2-1-3(9(8,11)12)4(6(13)14)5(8)7(15)16/h1-5H,(H,13,14)(H,15,16)/t3-,4-,5+,8-/m1/s1. The smallest absolute Gasteiger partial charge is 0.309 e. The monoisotopic (exact) mass is 284 g/mol. The molecule has 0 radical (unpaired) electrons. The van der Waals surface area contributed by atoms with Crippen molar-refractivity contribution in [2.24, 2.45) is 17.8 Å². The summed E-state index contributed by atoms with van der Waals surface area (Å²) in [7, 11) is 0. The molecule has 1 saturated carbocycles. The van der Waals surface area contributed by atoms with Crippen molar-refractivity contribution < 1.29 is 19.8 Å². The molecule has 0 spiro atoms. The van der Waals surface area contributed by atoms with E-state index in [1.165, 1.54) is 12.2 Å². The van der Waals surface area contributed by atoms with Crippen molar-refractivity contribution >= 4 is 46.7 Å². The van der Waals surface area contributed by atoms with Crippen LogP contribution in [0.2, 0.25) is 0 Å². The van der Waals surface area contributed by atoms with Crippen LogP contribution in [-0.2, 0) is 9.59 Å². The molecule has 7 heteroatoms. The van der Waals surface area contributed by atoms with E-state index in [4.69, 9.17) is 45.0 Å². The van der Waals surface area contributed by atoms with Crippen molar-refractivity contribution in [2.45, 2.75) is 9.21 Å². The van der Waals surface area contributed by atoms with E-state index in [-0.39, 0.29) is 0 Å². The van der Waals surface area contributed by atoms with Gasteiger partial charge in [-0.1, -0.05) is 35.4 Å². The molecule has 1 fully saturated rings. The highest BCUT2D eigenvalue weighted by Crippen LogP contribution is 2.65. The van der Waals surface area contributed by atoms with Gasteiger partial charge in [0.1, 0.15) is 9.21 Å². The van der Waals surface area contributed by atoms with Crippen LogP contribution in [0.5, 0.6) is 0 Å². The number of hydrogen-bond acceptors (Lipinski definition) is 2. The van der Waals surface area contributed by atoms with Crippen LogP contribution in [0.15, 0.2) is 12.2 Å². The average molecular weight is 286 g/mol. The van der Waals surface area contributed by atoms with Crippen LogP contribution in [0.1, 0.15) is 0 Å². The zero-order valence-electron chi connectivity index (χ0n) is 7.73. The maximum Gasteiger partial charge on any atom is 0.309 e. The van der Waals surface area contributed by atoms with Crippen LogP contribution in [0.4, 0.5) is 0 Å². The Kier molecular flexibility index (Phi) is 2.46. The Bertz CT molecular complexity index is 406. The van der Waals surface area contributed by atoms with Gasteiger partial charge in [0, 0.05) is 5.92 Å². The van der Waals surface area contributed by atoms with E-state index in [1.54, 1.807) is 0 Å². The Morgan fingerprint density at radius 2 is 1.69 bits per heavy atom. The van der Waals surface area contributed by atoms with Gasteiger partial charge in [-0.05, 0) is 0 Å². The number of allylic oxidation sites excluding steroid dienone is 2. The van der Waals surface area contributed by atoms with Crippen LogP contribution in [-0.4, -0.2) is 31.4 Å². The lowest BCUT2D eigenvalue weighted by Gasteiger charge is -2.29. The molecule has 2 aliphatic rings. The van der Waals surface area contributed by atoms with Crippen LogP contribution in [0.3, 0.4) is 0 Å². The zero-order valence-corrected chi connectivity index (χ0v) is 10.00. The lowest BCUT2D eigenvalue weighted by molar-refractivity contribution is -0.153. The highest BCUT2D eigenvalue weighted by Gasteiger charge is 2.73. The molecule has 2 N–H and O–H groups in total. The minimum absolute atomic E-state index is 0.785. The molecule has 0 aromatic heterocycles. The second-order valence-corrected chi connectivity index (χ2v) is 5.97. The van der Waals surface area contributed by atoms with E-state index in [1.807, 2.05) is 0 Å². The van der Waals surface area contributed by atoms with Gasteiger partial charge < -0.3 is 10.2 Å². The Balaban J connectivity index is 2.57. The number of rotatable bonds is 2. The number of fused-ring (bicyclic) bond motifs is 2. The quantitative estimate of drug-likeness (QED) is 0.598. The molecule has 0 unspecified atom stereocenters. The predicted octanol–water partition coefficient (Wildman–Crippen LogP) is 1.74. The third kappa shape index (κ3) is 1.18. The predicted molar refractivity (Wildman–Crippen MR) is 57.9 cm³/mol. The minimum Gasteiger partial charge on any atom is -0.481 e. The second-order valence-electron chi connectivity index (χ2n) is 3.96. The Labute approximate surface area is 106 Å². The molecule has 0 amide bonds. The lowest BCUT2D eigenvalue weighted by atomic mass is 9.83. The van der Waals surface area contributed by atoms with Gasteiger partial charge >= 0.3 is 11.9 Å². The van der Waals surface area contributed by atoms with Gasteiger partial charge in [0.15, 0.2) is 0 Å². The maximum atomic E-state index is 11.1. The summed E-state index contributed by atoms with van der Waals surface area (Å²) in [5.41, 5.74) is 0. The third-order valence-corrected chi connectivity index (χ3v) is 5.21. The van der Waals surface area contributed by atoms with Gasteiger partial charge in [-0.3, -0.25) is 9.59 Å². The molecule has 0 saturated heterocycles. The number of halogens is 3. The minimum atomic E-state index is -1.60. The first kappa shape index (κ1) is 12.0. The van der Waals surface area contributed by atoms with Crippen molar-refractivity contribution in [1.29, 1.82) is 0 Å². The van der Waals surface area contributed by atoms with Crippen molar-refractivity contribution in [3.63, 3.8) is 0 Å². The molecule has 2 rings (SSSR count).